The number of anilines is 1. The molecule has 8 heteroatoms. The van der Waals surface area contributed by atoms with E-state index in [1.165, 1.54) is 11.8 Å². The Hall–Kier alpha value is -2.77. The standard InChI is InChI=1S/C23H22ClN3O3S/c1-3-4-12-27-22(29)21-20(15-8-5-6-11-18(15)30-21)26-23(27)31-13-19(28)25-17-10-7-9-16(24)14(17)2/h5-11H,3-4,12-13H2,1-2H3,(H,25,28). The molecule has 0 saturated carbocycles. The lowest BCUT2D eigenvalue weighted by atomic mass is 10.2. The van der Waals surface area contributed by atoms with E-state index in [2.05, 4.69) is 12.2 Å². The van der Waals surface area contributed by atoms with Crippen LogP contribution in [0.2, 0.25) is 5.02 Å². The van der Waals surface area contributed by atoms with E-state index in [4.69, 9.17) is 21.0 Å². The average molecular weight is 456 g/mol. The second-order valence-corrected chi connectivity index (χ2v) is 8.58. The predicted octanol–water partition coefficient (Wildman–Crippen LogP) is 5.64. The molecular formula is C23H22ClN3O3S. The highest BCUT2D eigenvalue weighted by atomic mass is 35.5. The number of para-hydroxylation sites is 1. The lowest BCUT2D eigenvalue weighted by molar-refractivity contribution is -0.113. The maximum absolute atomic E-state index is 13.1. The zero-order valence-electron chi connectivity index (χ0n) is 17.3. The molecule has 0 spiro atoms. The molecule has 2 aromatic heterocycles. The maximum atomic E-state index is 13.1. The Kier molecular flexibility index (Phi) is 6.34. The molecule has 0 aliphatic rings. The second-order valence-electron chi connectivity index (χ2n) is 7.23. The SMILES string of the molecule is CCCCn1c(SCC(=O)Nc2cccc(Cl)c2C)nc2c(oc3ccccc32)c1=O. The third-order valence-corrected chi connectivity index (χ3v) is 6.44. The Labute approximate surface area is 188 Å². The van der Waals surface area contributed by atoms with Gasteiger partial charge < -0.3 is 9.73 Å². The normalized spacial score (nSPS) is 11.3. The lowest BCUT2D eigenvalue weighted by Crippen LogP contribution is -2.24. The predicted molar refractivity (Wildman–Crippen MR) is 126 cm³/mol. The molecule has 1 N–H and O–H groups in total. The Balaban J connectivity index is 1.65. The van der Waals surface area contributed by atoms with Gasteiger partial charge in [-0.15, -0.1) is 0 Å². The zero-order chi connectivity index (χ0) is 22.0. The summed E-state index contributed by atoms with van der Waals surface area (Å²) in [5, 5.41) is 4.78. The van der Waals surface area contributed by atoms with Crippen molar-refractivity contribution in [2.45, 2.75) is 38.4 Å². The van der Waals surface area contributed by atoms with E-state index in [0.717, 1.165) is 23.8 Å². The fourth-order valence-corrected chi connectivity index (χ4v) is 4.33. The number of rotatable bonds is 7. The van der Waals surface area contributed by atoms with E-state index in [-0.39, 0.29) is 22.8 Å². The van der Waals surface area contributed by atoms with Crippen LogP contribution in [0.5, 0.6) is 0 Å². The molecule has 0 aliphatic heterocycles. The van der Waals surface area contributed by atoms with E-state index in [1.54, 1.807) is 16.7 Å². The van der Waals surface area contributed by atoms with E-state index in [0.29, 0.717) is 33.5 Å². The number of hydrogen-bond acceptors (Lipinski definition) is 5. The van der Waals surface area contributed by atoms with Crippen LogP contribution in [-0.2, 0) is 11.3 Å². The summed E-state index contributed by atoms with van der Waals surface area (Å²) < 4.78 is 7.40. The van der Waals surface area contributed by atoms with E-state index < -0.39 is 0 Å². The van der Waals surface area contributed by atoms with Crippen LogP contribution in [-0.4, -0.2) is 21.2 Å². The van der Waals surface area contributed by atoms with Crippen LogP contribution in [0.15, 0.2) is 56.8 Å². The van der Waals surface area contributed by atoms with Crippen molar-refractivity contribution in [2.24, 2.45) is 0 Å². The topological polar surface area (TPSA) is 77.1 Å². The van der Waals surface area contributed by atoms with Crippen LogP contribution >= 0.6 is 23.4 Å². The molecule has 0 unspecified atom stereocenters. The van der Waals surface area contributed by atoms with Gasteiger partial charge in [0.15, 0.2) is 5.16 Å². The van der Waals surface area contributed by atoms with Gasteiger partial charge in [0.25, 0.3) is 5.56 Å². The fraction of sp³-hybridized carbons (Fsp3) is 0.261. The first kappa shape index (κ1) is 21.5. The van der Waals surface area contributed by atoms with E-state index in [1.807, 2.05) is 37.3 Å². The molecule has 31 heavy (non-hydrogen) atoms. The van der Waals surface area contributed by atoms with Crippen LogP contribution in [0, 0.1) is 6.92 Å². The van der Waals surface area contributed by atoms with E-state index >= 15 is 0 Å². The number of fused-ring (bicyclic) bond motifs is 3. The first-order chi connectivity index (χ1) is 15.0. The third kappa shape index (κ3) is 4.34. The maximum Gasteiger partial charge on any atom is 0.297 e. The second kappa shape index (κ2) is 9.16. The molecule has 0 radical (unpaired) electrons. The summed E-state index contributed by atoms with van der Waals surface area (Å²) in [7, 11) is 0. The van der Waals surface area contributed by atoms with Crippen molar-refractivity contribution in [3.8, 4) is 0 Å². The van der Waals surface area contributed by atoms with Crippen LogP contribution in [0.1, 0.15) is 25.3 Å². The summed E-state index contributed by atoms with van der Waals surface area (Å²) in [5.74, 6) is -0.0740. The molecule has 0 atom stereocenters. The Morgan fingerprint density at radius 2 is 2.03 bits per heavy atom. The number of hydrogen-bond donors (Lipinski definition) is 1. The monoisotopic (exact) mass is 455 g/mol. The molecule has 4 aromatic rings. The van der Waals surface area contributed by atoms with Crippen molar-refractivity contribution in [2.75, 3.05) is 11.1 Å². The zero-order valence-corrected chi connectivity index (χ0v) is 18.8. The quantitative estimate of drug-likeness (QED) is 0.288. The number of halogens is 1. The van der Waals surface area contributed by atoms with Crippen molar-refractivity contribution in [3.05, 3.63) is 63.4 Å². The highest BCUT2D eigenvalue weighted by Gasteiger charge is 2.18. The molecule has 0 fully saturated rings. The number of aromatic nitrogens is 2. The number of furan rings is 1. The minimum absolute atomic E-state index is 0.117. The molecule has 0 aliphatic carbocycles. The molecule has 2 aromatic carbocycles. The van der Waals surface area contributed by atoms with Crippen LogP contribution < -0.4 is 10.9 Å². The highest BCUT2D eigenvalue weighted by Crippen LogP contribution is 2.28. The van der Waals surface area contributed by atoms with Gasteiger partial charge >= 0.3 is 0 Å². The molecule has 4 rings (SSSR count). The van der Waals surface area contributed by atoms with Crippen molar-refractivity contribution in [1.82, 2.24) is 9.55 Å². The van der Waals surface area contributed by atoms with Gasteiger partial charge in [0, 0.05) is 22.6 Å². The van der Waals surface area contributed by atoms with Gasteiger partial charge in [-0.2, -0.15) is 0 Å². The number of unbranched alkanes of at least 4 members (excludes halogenated alkanes) is 1. The largest absolute Gasteiger partial charge is 0.448 e. The van der Waals surface area contributed by atoms with Crippen molar-refractivity contribution < 1.29 is 9.21 Å². The van der Waals surface area contributed by atoms with Crippen LogP contribution in [0.4, 0.5) is 5.69 Å². The Bertz CT molecular complexity index is 1330. The third-order valence-electron chi connectivity index (χ3n) is 5.06. The molecule has 0 bridgehead atoms. The lowest BCUT2D eigenvalue weighted by Gasteiger charge is -2.12. The minimum Gasteiger partial charge on any atom is -0.448 e. The average Bonchev–Trinajstić information content (AvgIpc) is 3.14. The van der Waals surface area contributed by atoms with Crippen LogP contribution in [0.3, 0.4) is 0 Å². The highest BCUT2D eigenvalue weighted by molar-refractivity contribution is 7.99. The summed E-state index contributed by atoms with van der Waals surface area (Å²) >= 11 is 7.38. The Morgan fingerprint density at radius 1 is 1.23 bits per heavy atom. The first-order valence-electron chi connectivity index (χ1n) is 10.1. The minimum atomic E-state index is -0.219. The van der Waals surface area contributed by atoms with Gasteiger partial charge in [0.05, 0.1) is 5.75 Å². The molecule has 160 valence electrons. The number of carbonyl (C=O) groups excluding carboxylic acids is 1. The Morgan fingerprint density at radius 3 is 2.84 bits per heavy atom. The number of nitrogens with one attached hydrogen (secondary N) is 1. The summed E-state index contributed by atoms with van der Waals surface area (Å²) in [6, 6.07) is 12.8. The van der Waals surface area contributed by atoms with Crippen molar-refractivity contribution in [3.63, 3.8) is 0 Å². The summed E-state index contributed by atoms with van der Waals surface area (Å²) in [6.07, 6.45) is 1.76. The summed E-state index contributed by atoms with van der Waals surface area (Å²) in [4.78, 5) is 30.4. The van der Waals surface area contributed by atoms with Gasteiger partial charge in [0.2, 0.25) is 11.5 Å². The molecule has 6 nitrogen and oxygen atoms in total. The van der Waals surface area contributed by atoms with Gasteiger partial charge in [-0.3, -0.25) is 14.2 Å². The van der Waals surface area contributed by atoms with Crippen molar-refractivity contribution >= 4 is 57.0 Å². The number of thioether (sulfide) groups is 1. The summed E-state index contributed by atoms with van der Waals surface area (Å²) in [5.41, 5.74) is 2.67. The van der Waals surface area contributed by atoms with E-state index in [9.17, 15) is 9.59 Å². The molecule has 2 heterocycles. The number of benzene rings is 2. The number of nitrogens with zero attached hydrogens (tertiary/aromatic N) is 2. The number of carbonyl (C=O) groups is 1. The first-order valence-corrected chi connectivity index (χ1v) is 11.5. The van der Waals surface area contributed by atoms with Gasteiger partial charge in [-0.1, -0.05) is 54.9 Å². The van der Waals surface area contributed by atoms with Gasteiger partial charge in [-0.05, 0) is 43.2 Å². The van der Waals surface area contributed by atoms with Crippen molar-refractivity contribution in [1.29, 1.82) is 0 Å². The fourth-order valence-electron chi connectivity index (χ4n) is 3.34. The van der Waals surface area contributed by atoms with Crippen LogP contribution in [0.25, 0.3) is 22.1 Å². The smallest absolute Gasteiger partial charge is 0.297 e. The number of amides is 1. The van der Waals surface area contributed by atoms with Gasteiger partial charge in [0.1, 0.15) is 11.1 Å². The molecular weight excluding hydrogens is 434 g/mol. The summed E-state index contributed by atoms with van der Waals surface area (Å²) in [6.45, 7) is 4.44. The molecule has 0 saturated heterocycles. The molecule has 1 amide bonds. The van der Waals surface area contributed by atoms with Gasteiger partial charge in [-0.25, -0.2) is 4.98 Å².